The van der Waals surface area contributed by atoms with Crippen LogP contribution in [0.4, 0.5) is 0 Å². The largest absolute Gasteiger partial charge is 0.508 e. The standard InChI is InChI=1S/C22H22O11/c1-8-4-9(2-3-11(8)25)20-21(17(28)15-12(26)5-10(24)6-13(15)31-20)33-22-19(30)18(29)16(27)14(7-23)32-22/h2-6,14,16,18-19,22-27,29-30H,7H2,1H3/t14-,16-,18+,19-,22+/m1/s1. The summed E-state index contributed by atoms with van der Waals surface area (Å²) in [6.07, 6.45) is -8.18. The number of phenols is 3. The van der Waals surface area contributed by atoms with Crippen LogP contribution in [0.2, 0.25) is 0 Å². The van der Waals surface area contributed by atoms with E-state index >= 15 is 0 Å². The monoisotopic (exact) mass is 462 g/mol. The number of fused-ring (bicyclic) bond motifs is 1. The van der Waals surface area contributed by atoms with Gasteiger partial charge in [0.05, 0.1) is 6.61 Å². The first-order valence-electron chi connectivity index (χ1n) is 9.92. The molecule has 11 nitrogen and oxygen atoms in total. The molecule has 0 bridgehead atoms. The predicted octanol–water partition coefficient (Wildman–Crippen LogP) is 0.0639. The van der Waals surface area contributed by atoms with Gasteiger partial charge in [0.15, 0.2) is 5.76 Å². The second kappa shape index (κ2) is 8.54. The van der Waals surface area contributed by atoms with Gasteiger partial charge in [0.2, 0.25) is 17.5 Å². The van der Waals surface area contributed by atoms with Gasteiger partial charge in [0.1, 0.15) is 52.6 Å². The van der Waals surface area contributed by atoms with Crippen molar-refractivity contribution in [1.82, 2.24) is 0 Å². The third kappa shape index (κ3) is 3.96. The van der Waals surface area contributed by atoms with Crippen LogP contribution in [-0.2, 0) is 4.74 Å². The Morgan fingerprint density at radius 2 is 1.70 bits per heavy atom. The van der Waals surface area contributed by atoms with Crippen molar-refractivity contribution in [3.05, 3.63) is 46.1 Å². The molecular weight excluding hydrogens is 440 g/mol. The molecular formula is C22H22O11. The summed E-state index contributed by atoms with van der Waals surface area (Å²) >= 11 is 0. The first-order valence-corrected chi connectivity index (χ1v) is 9.92. The van der Waals surface area contributed by atoms with Crippen LogP contribution in [0.25, 0.3) is 22.3 Å². The maximum absolute atomic E-state index is 13.3. The van der Waals surface area contributed by atoms with Crippen molar-refractivity contribution in [2.75, 3.05) is 6.61 Å². The smallest absolute Gasteiger partial charge is 0.239 e. The quantitative estimate of drug-likeness (QED) is 0.278. The average Bonchev–Trinajstić information content (AvgIpc) is 2.76. The molecule has 0 spiro atoms. The fraction of sp³-hybridized carbons (Fsp3) is 0.318. The van der Waals surface area contributed by atoms with Crippen LogP contribution in [0.15, 0.2) is 39.5 Å². The molecule has 11 heteroatoms. The Labute approximate surface area is 185 Å². The Morgan fingerprint density at radius 3 is 2.36 bits per heavy atom. The van der Waals surface area contributed by atoms with Crippen LogP contribution >= 0.6 is 0 Å². The van der Waals surface area contributed by atoms with Gasteiger partial charge in [0.25, 0.3) is 0 Å². The predicted molar refractivity (Wildman–Crippen MR) is 112 cm³/mol. The molecule has 1 aromatic heterocycles. The molecule has 5 atom stereocenters. The molecule has 3 aromatic rings. The van der Waals surface area contributed by atoms with E-state index in [9.17, 15) is 40.5 Å². The molecule has 0 radical (unpaired) electrons. The van der Waals surface area contributed by atoms with Crippen molar-refractivity contribution < 1.29 is 49.6 Å². The van der Waals surface area contributed by atoms with Gasteiger partial charge < -0.3 is 49.6 Å². The van der Waals surface area contributed by atoms with Crippen LogP contribution in [0.1, 0.15) is 5.56 Å². The van der Waals surface area contributed by atoms with Crippen LogP contribution < -0.4 is 10.2 Å². The molecule has 7 N–H and O–H groups in total. The van der Waals surface area contributed by atoms with E-state index in [1.54, 1.807) is 6.92 Å². The molecule has 33 heavy (non-hydrogen) atoms. The summed E-state index contributed by atoms with van der Waals surface area (Å²) in [7, 11) is 0. The summed E-state index contributed by atoms with van der Waals surface area (Å²) in [5, 5.41) is 69.3. The van der Waals surface area contributed by atoms with E-state index in [4.69, 9.17) is 13.9 Å². The molecule has 2 aromatic carbocycles. The lowest BCUT2D eigenvalue weighted by Gasteiger charge is -2.39. The summed E-state index contributed by atoms with van der Waals surface area (Å²) < 4.78 is 16.7. The lowest BCUT2D eigenvalue weighted by Crippen LogP contribution is -2.60. The van der Waals surface area contributed by atoms with Crippen molar-refractivity contribution >= 4 is 11.0 Å². The van der Waals surface area contributed by atoms with Crippen LogP contribution in [-0.4, -0.2) is 73.1 Å². The molecule has 2 heterocycles. The Balaban J connectivity index is 1.91. The van der Waals surface area contributed by atoms with Gasteiger partial charge in [-0.25, -0.2) is 0 Å². The van der Waals surface area contributed by atoms with Crippen LogP contribution in [0, 0.1) is 6.92 Å². The molecule has 1 aliphatic heterocycles. The number of aliphatic hydroxyl groups excluding tert-OH is 4. The highest BCUT2D eigenvalue weighted by atomic mass is 16.7. The van der Waals surface area contributed by atoms with Crippen LogP contribution in [0.3, 0.4) is 0 Å². The van der Waals surface area contributed by atoms with Gasteiger partial charge in [0, 0.05) is 17.7 Å². The summed E-state index contributed by atoms with van der Waals surface area (Å²) in [5.74, 6) is -1.67. The van der Waals surface area contributed by atoms with Crippen molar-refractivity contribution in [3.8, 4) is 34.3 Å². The lowest BCUT2D eigenvalue weighted by atomic mass is 9.99. The fourth-order valence-corrected chi connectivity index (χ4v) is 3.64. The zero-order valence-corrected chi connectivity index (χ0v) is 17.2. The molecule has 0 saturated carbocycles. The van der Waals surface area contributed by atoms with Crippen molar-refractivity contribution in [2.24, 2.45) is 0 Å². The van der Waals surface area contributed by atoms with E-state index in [1.807, 2.05) is 0 Å². The molecule has 0 amide bonds. The zero-order chi connectivity index (χ0) is 24.0. The van der Waals surface area contributed by atoms with Crippen molar-refractivity contribution in [3.63, 3.8) is 0 Å². The van der Waals surface area contributed by atoms with E-state index in [0.717, 1.165) is 12.1 Å². The topological polar surface area (TPSA) is 190 Å². The highest BCUT2D eigenvalue weighted by Gasteiger charge is 2.45. The van der Waals surface area contributed by atoms with E-state index in [0.29, 0.717) is 5.56 Å². The van der Waals surface area contributed by atoms with Crippen molar-refractivity contribution in [1.29, 1.82) is 0 Å². The number of rotatable bonds is 4. The Bertz CT molecular complexity index is 1250. The Kier molecular flexibility index (Phi) is 5.91. The third-order valence-corrected chi connectivity index (χ3v) is 5.46. The normalized spacial score (nSPS) is 25.3. The summed E-state index contributed by atoms with van der Waals surface area (Å²) in [4.78, 5) is 13.3. The summed E-state index contributed by atoms with van der Waals surface area (Å²) in [5.41, 5.74) is -0.342. The van der Waals surface area contributed by atoms with E-state index < -0.39 is 54.2 Å². The van der Waals surface area contributed by atoms with Gasteiger partial charge in [-0.15, -0.1) is 0 Å². The lowest BCUT2D eigenvalue weighted by molar-refractivity contribution is -0.277. The number of hydrogen-bond donors (Lipinski definition) is 7. The highest BCUT2D eigenvalue weighted by Crippen LogP contribution is 2.38. The molecule has 0 aliphatic carbocycles. The summed E-state index contributed by atoms with van der Waals surface area (Å²) in [6.45, 7) is 0.898. The Morgan fingerprint density at radius 1 is 0.970 bits per heavy atom. The molecule has 1 aliphatic rings. The maximum atomic E-state index is 13.3. The number of ether oxygens (including phenoxy) is 2. The zero-order valence-electron chi connectivity index (χ0n) is 17.2. The van der Waals surface area contributed by atoms with Crippen molar-refractivity contribution in [2.45, 2.75) is 37.6 Å². The highest BCUT2D eigenvalue weighted by molar-refractivity contribution is 5.88. The van der Waals surface area contributed by atoms with Gasteiger partial charge in [-0.1, -0.05) is 0 Å². The molecule has 0 unspecified atom stereocenters. The number of aryl methyl sites for hydroxylation is 1. The SMILES string of the molecule is Cc1cc(-c2oc3cc(O)cc(O)c3c(=O)c2O[C@@H]2O[C@H](CO)[C@@H](O)[C@H](O)[C@H]2O)ccc1O. The number of hydrogen-bond acceptors (Lipinski definition) is 11. The minimum absolute atomic E-state index is 0.0198. The number of aromatic hydroxyl groups is 3. The second-order valence-electron chi connectivity index (χ2n) is 7.74. The van der Waals surface area contributed by atoms with Gasteiger partial charge in [-0.05, 0) is 30.7 Å². The first-order chi connectivity index (χ1) is 15.6. The van der Waals surface area contributed by atoms with E-state index in [-0.39, 0.29) is 33.8 Å². The molecule has 4 rings (SSSR count). The number of benzene rings is 2. The van der Waals surface area contributed by atoms with E-state index in [2.05, 4.69) is 0 Å². The molecule has 1 fully saturated rings. The van der Waals surface area contributed by atoms with Gasteiger partial charge in [-0.3, -0.25) is 4.79 Å². The maximum Gasteiger partial charge on any atom is 0.239 e. The fourth-order valence-electron chi connectivity index (χ4n) is 3.64. The second-order valence-corrected chi connectivity index (χ2v) is 7.74. The average molecular weight is 462 g/mol. The minimum atomic E-state index is -1.80. The first kappa shape index (κ1) is 22.8. The molecule has 176 valence electrons. The van der Waals surface area contributed by atoms with E-state index in [1.165, 1.54) is 18.2 Å². The van der Waals surface area contributed by atoms with Gasteiger partial charge >= 0.3 is 0 Å². The van der Waals surface area contributed by atoms with Crippen LogP contribution in [0.5, 0.6) is 23.0 Å². The third-order valence-electron chi connectivity index (χ3n) is 5.46. The minimum Gasteiger partial charge on any atom is -0.508 e. The number of aliphatic hydroxyl groups is 4. The van der Waals surface area contributed by atoms with Gasteiger partial charge in [-0.2, -0.15) is 0 Å². The Hall–Kier alpha value is -3.35. The number of phenolic OH excluding ortho intramolecular Hbond substituents is 3. The summed E-state index contributed by atoms with van der Waals surface area (Å²) in [6, 6.07) is 6.32. The molecule has 1 saturated heterocycles.